The molecule has 1 aromatic carbocycles. The fraction of sp³-hybridized carbons (Fsp3) is 0.278. The van der Waals surface area contributed by atoms with Crippen molar-refractivity contribution in [1.29, 1.82) is 5.41 Å². The summed E-state index contributed by atoms with van der Waals surface area (Å²) in [4.78, 5) is 22.0. The second-order valence-corrected chi connectivity index (χ2v) is 7.36. The van der Waals surface area contributed by atoms with E-state index in [2.05, 4.69) is 0 Å². The molecule has 0 spiro atoms. The number of thiophene rings is 1. The zero-order valence-electron chi connectivity index (χ0n) is 13.8. The van der Waals surface area contributed by atoms with Crippen LogP contribution in [0, 0.1) is 11.3 Å². The minimum absolute atomic E-state index is 0.0377. The summed E-state index contributed by atoms with van der Waals surface area (Å²) < 4.78 is 0. The minimum Gasteiger partial charge on any atom is -0.369 e. The molecule has 0 unspecified atom stereocenters. The monoisotopic (exact) mass is 353 g/mol. The van der Waals surface area contributed by atoms with E-state index >= 15 is 0 Å². The predicted octanol–water partition coefficient (Wildman–Crippen LogP) is 1.69. The van der Waals surface area contributed by atoms with Gasteiger partial charge in [-0.15, -0.1) is 11.3 Å². The highest BCUT2D eigenvalue weighted by molar-refractivity contribution is 7.10. The van der Waals surface area contributed by atoms with Gasteiger partial charge in [-0.2, -0.15) is 0 Å². The number of amides is 1. The topological polar surface area (TPSA) is 85.8 Å². The van der Waals surface area contributed by atoms with Crippen molar-refractivity contribution in [1.82, 2.24) is 9.80 Å². The number of benzene rings is 1. The van der Waals surface area contributed by atoms with Crippen LogP contribution in [-0.4, -0.2) is 47.6 Å². The van der Waals surface area contributed by atoms with Gasteiger partial charge < -0.3 is 10.6 Å². The van der Waals surface area contributed by atoms with Gasteiger partial charge in [-0.05, 0) is 11.4 Å². The molecule has 25 heavy (non-hydrogen) atoms. The molecule has 2 aromatic rings. The first-order chi connectivity index (χ1) is 12.0. The second-order valence-electron chi connectivity index (χ2n) is 6.42. The summed E-state index contributed by atoms with van der Waals surface area (Å²) in [7, 11) is 1.66. The van der Waals surface area contributed by atoms with Crippen LogP contribution in [0.4, 0.5) is 0 Å². The fourth-order valence-corrected chi connectivity index (χ4v) is 4.55. The fourth-order valence-electron chi connectivity index (χ4n) is 3.64. The highest BCUT2D eigenvalue weighted by Gasteiger charge is 2.56. The van der Waals surface area contributed by atoms with Gasteiger partial charge in [0.1, 0.15) is 11.4 Å². The van der Waals surface area contributed by atoms with Gasteiger partial charge in [0, 0.05) is 24.0 Å². The number of hydrogen-bond donors (Lipinski definition) is 2. The van der Waals surface area contributed by atoms with Crippen molar-refractivity contribution in [2.24, 2.45) is 16.6 Å². The molecular weight excluding hydrogens is 334 g/mol. The number of carbonyl (C=O) groups excluding carboxylic acids is 1. The summed E-state index contributed by atoms with van der Waals surface area (Å²) in [5.74, 6) is 0.273. The first-order valence-electron chi connectivity index (χ1n) is 8.09. The Bertz CT molecular complexity index is 848. The molecule has 0 saturated carbocycles. The Morgan fingerprint density at radius 1 is 1.32 bits per heavy atom. The summed E-state index contributed by atoms with van der Waals surface area (Å²) in [6.07, 6.45) is 0. The highest BCUT2D eigenvalue weighted by atomic mass is 32.1. The summed E-state index contributed by atoms with van der Waals surface area (Å²) in [5.41, 5.74) is 6.16. The number of aliphatic imine (C=N–C) groups is 1. The maximum Gasteiger partial charge on any atom is 0.236 e. The quantitative estimate of drug-likeness (QED) is 0.636. The smallest absolute Gasteiger partial charge is 0.236 e. The summed E-state index contributed by atoms with van der Waals surface area (Å²) >= 11 is 1.58. The number of nitrogens with two attached hydrogens (primary N) is 1. The van der Waals surface area contributed by atoms with Crippen molar-refractivity contribution in [3.05, 3.63) is 58.3 Å². The van der Waals surface area contributed by atoms with Gasteiger partial charge in [-0.25, -0.2) is 4.99 Å². The van der Waals surface area contributed by atoms with Crippen molar-refractivity contribution >= 4 is 29.0 Å². The molecule has 2 atom stereocenters. The van der Waals surface area contributed by atoms with Crippen LogP contribution in [0.15, 0.2) is 52.8 Å². The minimum atomic E-state index is -0.705. The van der Waals surface area contributed by atoms with E-state index in [0.717, 1.165) is 10.4 Å². The SMILES string of the molecule is CN1C(=O)[C@@H]2CN(C(=N)c3ccccc3)C[C@]2(c2cccs2)N=C1N. The molecule has 1 aromatic heterocycles. The predicted molar refractivity (Wildman–Crippen MR) is 98.7 cm³/mol. The maximum absolute atomic E-state index is 12.9. The molecule has 1 fully saturated rings. The Hall–Kier alpha value is -2.67. The van der Waals surface area contributed by atoms with Crippen molar-refractivity contribution in [2.45, 2.75) is 5.54 Å². The highest BCUT2D eigenvalue weighted by Crippen LogP contribution is 2.45. The molecule has 4 rings (SSSR count). The van der Waals surface area contributed by atoms with E-state index < -0.39 is 5.54 Å². The van der Waals surface area contributed by atoms with E-state index in [1.54, 1.807) is 18.4 Å². The van der Waals surface area contributed by atoms with Gasteiger partial charge in [0.25, 0.3) is 0 Å². The molecule has 1 saturated heterocycles. The Balaban J connectivity index is 1.76. The third kappa shape index (κ3) is 2.34. The molecule has 1 amide bonds. The van der Waals surface area contributed by atoms with Crippen molar-refractivity contribution in [2.75, 3.05) is 20.1 Å². The third-order valence-electron chi connectivity index (χ3n) is 5.01. The van der Waals surface area contributed by atoms with Crippen LogP contribution in [0.1, 0.15) is 10.4 Å². The summed E-state index contributed by atoms with van der Waals surface area (Å²) in [6, 6.07) is 13.5. The van der Waals surface area contributed by atoms with Gasteiger partial charge in [-0.1, -0.05) is 36.4 Å². The number of carbonyl (C=O) groups is 1. The Kier molecular flexibility index (Phi) is 3.61. The van der Waals surface area contributed by atoms with E-state index in [1.807, 2.05) is 52.7 Å². The first kappa shape index (κ1) is 15.8. The largest absolute Gasteiger partial charge is 0.369 e. The lowest BCUT2D eigenvalue weighted by molar-refractivity contribution is -0.132. The van der Waals surface area contributed by atoms with Crippen LogP contribution in [0.2, 0.25) is 0 Å². The number of nitrogens with one attached hydrogen (secondary N) is 1. The third-order valence-corrected chi connectivity index (χ3v) is 6.05. The van der Waals surface area contributed by atoms with Gasteiger partial charge in [0.15, 0.2) is 5.96 Å². The molecule has 0 bridgehead atoms. The molecule has 0 radical (unpaired) electrons. The number of fused-ring (bicyclic) bond motifs is 1. The number of guanidine groups is 1. The van der Waals surface area contributed by atoms with Crippen LogP contribution in [-0.2, 0) is 10.3 Å². The van der Waals surface area contributed by atoms with Crippen LogP contribution >= 0.6 is 11.3 Å². The number of likely N-dealkylation sites (tertiary alicyclic amines) is 1. The molecular formula is C18H19N5OS. The molecule has 3 heterocycles. The van der Waals surface area contributed by atoms with Crippen molar-refractivity contribution < 1.29 is 4.79 Å². The first-order valence-corrected chi connectivity index (χ1v) is 8.97. The maximum atomic E-state index is 12.9. The van der Waals surface area contributed by atoms with E-state index in [1.165, 1.54) is 4.90 Å². The molecule has 3 N–H and O–H groups in total. The Labute approximate surface area is 150 Å². The molecule has 7 heteroatoms. The van der Waals surface area contributed by atoms with Gasteiger partial charge in [-0.3, -0.25) is 15.1 Å². The average Bonchev–Trinajstić information content (AvgIpc) is 3.28. The second kappa shape index (κ2) is 5.70. The number of rotatable bonds is 2. The summed E-state index contributed by atoms with van der Waals surface area (Å²) in [5, 5.41) is 10.6. The molecule has 0 aliphatic carbocycles. The van der Waals surface area contributed by atoms with E-state index in [9.17, 15) is 4.79 Å². The lowest BCUT2D eigenvalue weighted by atomic mass is 9.84. The standard InChI is InChI=1S/C18H19N5OS/c1-22-16(24)13-10-23(15(19)12-6-3-2-4-7-12)11-18(13,21-17(22)20)14-8-5-9-25-14/h2-9,13,19H,10-11H2,1H3,(H2,20,21)/t13-,18-/m0/s1. The zero-order valence-corrected chi connectivity index (χ0v) is 14.7. The molecule has 2 aliphatic rings. The lowest BCUT2D eigenvalue weighted by Gasteiger charge is -2.36. The molecule has 2 aliphatic heterocycles. The van der Waals surface area contributed by atoms with Crippen LogP contribution < -0.4 is 5.73 Å². The lowest BCUT2D eigenvalue weighted by Crippen LogP contribution is -2.54. The van der Waals surface area contributed by atoms with Crippen molar-refractivity contribution in [3.63, 3.8) is 0 Å². The normalized spacial score (nSPS) is 25.7. The van der Waals surface area contributed by atoms with Crippen LogP contribution in [0.25, 0.3) is 0 Å². The van der Waals surface area contributed by atoms with Crippen LogP contribution in [0.5, 0.6) is 0 Å². The van der Waals surface area contributed by atoms with E-state index in [4.69, 9.17) is 16.1 Å². The summed E-state index contributed by atoms with van der Waals surface area (Å²) in [6.45, 7) is 0.942. The van der Waals surface area contributed by atoms with Crippen LogP contribution in [0.3, 0.4) is 0 Å². The average molecular weight is 353 g/mol. The molecule has 128 valence electrons. The Morgan fingerprint density at radius 3 is 2.76 bits per heavy atom. The zero-order chi connectivity index (χ0) is 17.6. The van der Waals surface area contributed by atoms with Gasteiger partial charge in [0.2, 0.25) is 5.91 Å². The molecule has 6 nitrogen and oxygen atoms in total. The number of nitrogens with zero attached hydrogens (tertiary/aromatic N) is 3. The number of amidine groups is 1. The van der Waals surface area contributed by atoms with E-state index in [-0.39, 0.29) is 17.8 Å². The number of hydrogen-bond acceptors (Lipinski definition) is 5. The van der Waals surface area contributed by atoms with Gasteiger partial charge >= 0.3 is 0 Å². The van der Waals surface area contributed by atoms with Gasteiger partial charge in [0.05, 0.1) is 12.5 Å². The Morgan fingerprint density at radius 2 is 2.08 bits per heavy atom. The van der Waals surface area contributed by atoms with Crippen molar-refractivity contribution in [3.8, 4) is 0 Å². The van der Waals surface area contributed by atoms with E-state index in [0.29, 0.717) is 18.9 Å².